The molecule has 0 fully saturated rings. The summed E-state index contributed by atoms with van der Waals surface area (Å²) in [6.07, 6.45) is 0. The van der Waals surface area contributed by atoms with Crippen molar-refractivity contribution in [3.05, 3.63) is 23.8 Å². The lowest BCUT2D eigenvalue weighted by Gasteiger charge is -2.23. The van der Waals surface area contributed by atoms with Crippen molar-refractivity contribution in [3.8, 4) is 11.5 Å². The molecule has 2 N–H and O–H groups in total. The topological polar surface area (TPSA) is 102 Å². The van der Waals surface area contributed by atoms with Gasteiger partial charge in [0.05, 0.1) is 24.0 Å². The Bertz CT molecular complexity index is 722. The van der Waals surface area contributed by atoms with Gasteiger partial charge in [0, 0.05) is 17.2 Å². The number of hydrogen-bond donors (Lipinski definition) is 2. The number of aliphatic hydroxyl groups excluding tert-OH is 1. The van der Waals surface area contributed by atoms with Gasteiger partial charge in [0.25, 0.3) is 0 Å². The van der Waals surface area contributed by atoms with Crippen molar-refractivity contribution in [1.82, 2.24) is 5.32 Å². The highest BCUT2D eigenvalue weighted by Gasteiger charge is 2.27. The third-order valence-electron chi connectivity index (χ3n) is 3.97. The second kappa shape index (κ2) is 9.05. The Labute approximate surface area is 172 Å². The van der Waals surface area contributed by atoms with Gasteiger partial charge < -0.3 is 19.9 Å². The van der Waals surface area contributed by atoms with Gasteiger partial charge in [-0.1, -0.05) is 0 Å². The third-order valence-corrected chi connectivity index (χ3v) is 3.97. The van der Waals surface area contributed by atoms with Crippen LogP contribution in [0.3, 0.4) is 0 Å². The molecule has 0 aliphatic rings. The Morgan fingerprint density at radius 1 is 0.828 bits per heavy atom. The highest BCUT2D eigenvalue weighted by Crippen LogP contribution is 2.28. The minimum absolute atomic E-state index is 0.0448. The van der Waals surface area contributed by atoms with Crippen LogP contribution in [0.1, 0.15) is 65.7 Å². The number of carbonyl (C=O) groups excluding carboxylic acids is 3. The van der Waals surface area contributed by atoms with Crippen LogP contribution in [-0.2, 0) is 9.59 Å². The summed E-state index contributed by atoms with van der Waals surface area (Å²) in [5, 5.41) is 12.3. The second-order valence-corrected chi connectivity index (χ2v) is 9.79. The fourth-order valence-electron chi connectivity index (χ4n) is 1.85. The molecule has 0 aliphatic carbocycles. The molecule has 7 nitrogen and oxygen atoms in total. The molecule has 0 unspecified atom stereocenters. The maximum atomic E-state index is 12.7. The normalized spacial score (nSPS) is 12.4. The van der Waals surface area contributed by atoms with Gasteiger partial charge >= 0.3 is 11.9 Å². The third kappa shape index (κ3) is 7.95. The smallest absolute Gasteiger partial charge is 0.316 e. The van der Waals surface area contributed by atoms with Gasteiger partial charge in [-0.25, -0.2) is 0 Å². The number of ether oxygens (including phenoxy) is 2. The van der Waals surface area contributed by atoms with Crippen molar-refractivity contribution >= 4 is 17.7 Å². The Morgan fingerprint density at radius 3 is 1.59 bits per heavy atom. The molecule has 0 spiro atoms. The van der Waals surface area contributed by atoms with Crippen molar-refractivity contribution in [3.63, 3.8) is 0 Å². The van der Waals surface area contributed by atoms with Crippen LogP contribution in [-0.4, -0.2) is 41.5 Å². The fraction of sp³-hybridized carbons (Fsp3) is 0.591. The van der Waals surface area contributed by atoms with Gasteiger partial charge in [0.2, 0.25) is 0 Å². The minimum atomic E-state index is -0.741. The van der Waals surface area contributed by atoms with Crippen LogP contribution < -0.4 is 14.8 Å². The standard InChI is InChI=1S/C22H33NO6/c1-20(2,3)18(26)28-15-9-14(17(25)12-23-22(7,8)13-24)10-16(11-15)29-19(27)21(4,5)6/h9-11,23-24H,12-13H2,1-8H3. The molecule has 7 heteroatoms. The molecule has 0 heterocycles. The number of rotatable bonds is 7. The molecule has 29 heavy (non-hydrogen) atoms. The van der Waals surface area contributed by atoms with E-state index in [-0.39, 0.29) is 36.0 Å². The highest BCUT2D eigenvalue weighted by molar-refractivity contribution is 5.98. The monoisotopic (exact) mass is 407 g/mol. The Kier molecular flexibility index (Phi) is 7.73. The summed E-state index contributed by atoms with van der Waals surface area (Å²) < 4.78 is 10.8. The molecule has 0 saturated heterocycles. The molecule has 0 radical (unpaired) electrons. The molecule has 1 aromatic rings. The van der Waals surface area contributed by atoms with Crippen LogP contribution in [0.2, 0.25) is 0 Å². The summed E-state index contributed by atoms with van der Waals surface area (Å²) in [6.45, 7) is 13.6. The summed E-state index contributed by atoms with van der Waals surface area (Å²) in [5.74, 6) is -1.01. The summed E-state index contributed by atoms with van der Waals surface area (Å²) in [7, 11) is 0. The maximum absolute atomic E-state index is 12.7. The number of carbonyl (C=O) groups is 3. The SMILES string of the molecule is CC(C)(CO)NCC(=O)c1cc(OC(=O)C(C)(C)C)cc(OC(=O)C(C)(C)C)c1. The molecule has 0 saturated carbocycles. The lowest BCUT2D eigenvalue weighted by molar-refractivity contribution is -0.143. The molecule has 0 bridgehead atoms. The minimum Gasteiger partial charge on any atom is -0.426 e. The summed E-state index contributed by atoms with van der Waals surface area (Å²) >= 11 is 0. The van der Waals surface area contributed by atoms with Gasteiger partial charge in [0.15, 0.2) is 5.78 Å². The largest absolute Gasteiger partial charge is 0.426 e. The molecule has 0 amide bonds. The van der Waals surface area contributed by atoms with E-state index in [0.717, 1.165) is 0 Å². The highest BCUT2D eigenvalue weighted by atomic mass is 16.5. The first kappa shape index (κ1) is 24.8. The number of hydrogen-bond acceptors (Lipinski definition) is 7. The Balaban J connectivity index is 3.20. The van der Waals surface area contributed by atoms with E-state index in [1.54, 1.807) is 55.4 Å². The number of aliphatic hydroxyl groups is 1. The van der Waals surface area contributed by atoms with Crippen LogP contribution >= 0.6 is 0 Å². The Morgan fingerprint density at radius 2 is 1.24 bits per heavy atom. The first-order chi connectivity index (χ1) is 13.0. The molecule has 0 aromatic heterocycles. The van der Waals surface area contributed by atoms with Crippen molar-refractivity contribution in [2.24, 2.45) is 10.8 Å². The number of benzene rings is 1. The van der Waals surface area contributed by atoms with Gasteiger partial charge in [0.1, 0.15) is 11.5 Å². The number of esters is 2. The van der Waals surface area contributed by atoms with E-state index in [9.17, 15) is 19.5 Å². The number of nitrogens with one attached hydrogen (secondary N) is 1. The first-order valence-corrected chi connectivity index (χ1v) is 9.54. The molecule has 0 aliphatic heterocycles. The van der Waals surface area contributed by atoms with E-state index in [2.05, 4.69) is 5.32 Å². The predicted octanol–water partition coefficient (Wildman–Crippen LogP) is 3.13. The fourth-order valence-corrected chi connectivity index (χ4v) is 1.85. The van der Waals surface area contributed by atoms with E-state index in [4.69, 9.17) is 9.47 Å². The van der Waals surface area contributed by atoms with Crippen molar-refractivity contribution in [2.45, 2.75) is 60.9 Å². The molecule has 1 rings (SSSR count). The average molecular weight is 408 g/mol. The van der Waals surface area contributed by atoms with Crippen LogP contribution in [0.5, 0.6) is 11.5 Å². The maximum Gasteiger partial charge on any atom is 0.316 e. The van der Waals surface area contributed by atoms with Gasteiger partial charge in [-0.2, -0.15) is 0 Å². The van der Waals surface area contributed by atoms with E-state index in [1.807, 2.05) is 0 Å². The van der Waals surface area contributed by atoms with Crippen LogP contribution in [0.25, 0.3) is 0 Å². The quantitative estimate of drug-likeness (QED) is 0.407. The lowest BCUT2D eigenvalue weighted by Crippen LogP contribution is -2.45. The number of Topliss-reactive ketones (excluding diaryl/α,β-unsaturated/α-hetero) is 1. The second-order valence-electron chi connectivity index (χ2n) is 9.79. The van der Waals surface area contributed by atoms with Crippen molar-refractivity contribution in [1.29, 1.82) is 0 Å². The van der Waals surface area contributed by atoms with Crippen LogP contribution in [0.4, 0.5) is 0 Å². The predicted molar refractivity (Wildman–Crippen MR) is 110 cm³/mol. The van der Waals surface area contributed by atoms with Crippen molar-refractivity contribution < 1.29 is 29.0 Å². The zero-order valence-corrected chi connectivity index (χ0v) is 18.6. The zero-order valence-electron chi connectivity index (χ0n) is 18.6. The summed E-state index contributed by atoms with van der Waals surface area (Å²) in [5.41, 5.74) is -1.89. The average Bonchev–Trinajstić information content (AvgIpc) is 2.57. The first-order valence-electron chi connectivity index (χ1n) is 9.54. The van der Waals surface area contributed by atoms with Gasteiger partial charge in [-0.3, -0.25) is 14.4 Å². The van der Waals surface area contributed by atoms with Gasteiger partial charge in [-0.15, -0.1) is 0 Å². The molecule has 0 atom stereocenters. The zero-order chi connectivity index (χ0) is 22.6. The van der Waals surface area contributed by atoms with Gasteiger partial charge in [-0.05, 0) is 67.5 Å². The van der Waals surface area contributed by atoms with E-state index in [0.29, 0.717) is 0 Å². The lowest BCUT2D eigenvalue weighted by atomic mass is 9.97. The molecular formula is C22H33NO6. The van der Waals surface area contributed by atoms with E-state index in [1.165, 1.54) is 18.2 Å². The molecule has 162 valence electrons. The van der Waals surface area contributed by atoms with E-state index >= 15 is 0 Å². The molecular weight excluding hydrogens is 374 g/mol. The van der Waals surface area contributed by atoms with E-state index < -0.39 is 28.3 Å². The number of ketones is 1. The van der Waals surface area contributed by atoms with Crippen LogP contribution in [0.15, 0.2) is 18.2 Å². The van der Waals surface area contributed by atoms with Crippen LogP contribution in [0, 0.1) is 10.8 Å². The molecule has 1 aromatic carbocycles. The van der Waals surface area contributed by atoms with Crippen molar-refractivity contribution in [2.75, 3.05) is 13.2 Å². The summed E-state index contributed by atoms with van der Waals surface area (Å²) in [6, 6.07) is 4.29. The Hall–Kier alpha value is -2.25. The summed E-state index contributed by atoms with van der Waals surface area (Å²) in [4.78, 5) is 37.1.